The molecule has 1 heterocycles. The number of methoxy groups -OCH3 is 1. The van der Waals surface area contributed by atoms with Crippen LogP contribution in [0.1, 0.15) is 28.8 Å². The van der Waals surface area contributed by atoms with Gasteiger partial charge in [-0.25, -0.2) is 9.48 Å². The molecule has 5 rings (SSSR count). The maximum Gasteiger partial charge on any atom is 0.317 e. The Hall–Kier alpha value is -3.16. The Kier molecular flexibility index (Phi) is 7.19. The maximum absolute atomic E-state index is 11.1. The predicted molar refractivity (Wildman–Crippen MR) is 124 cm³/mol. The Morgan fingerprint density at radius 3 is 2.41 bits per heavy atom. The minimum Gasteiger partial charge on any atom is -0.382 e. The fraction of sp³-hybridized carbons (Fsp3) is 0.360. The molecule has 0 aliphatic heterocycles. The number of rotatable bonds is 6. The summed E-state index contributed by atoms with van der Waals surface area (Å²) in [6, 6.07) is 17.7. The van der Waals surface area contributed by atoms with E-state index in [9.17, 15) is 4.79 Å². The molecular formula is C25H30N4O3. The summed E-state index contributed by atoms with van der Waals surface area (Å²) in [5.74, 6) is 0.709. The molecule has 0 unspecified atom stereocenters. The predicted octanol–water partition coefficient (Wildman–Crippen LogP) is 3.67. The zero-order chi connectivity index (χ0) is 22.3. The summed E-state index contributed by atoms with van der Waals surface area (Å²) in [6.07, 6.45) is 5.46. The van der Waals surface area contributed by atoms with Gasteiger partial charge in [-0.3, -0.25) is 5.32 Å². The number of carbonyl (C=O) groups is 1. The highest BCUT2D eigenvalue weighted by Gasteiger charge is 2.23. The lowest BCUT2D eigenvalue weighted by Gasteiger charge is -2.09. The van der Waals surface area contributed by atoms with Crippen molar-refractivity contribution in [3.63, 3.8) is 0 Å². The van der Waals surface area contributed by atoms with Crippen molar-refractivity contribution in [1.29, 1.82) is 0 Å². The summed E-state index contributed by atoms with van der Waals surface area (Å²) < 4.78 is 12.4. The van der Waals surface area contributed by atoms with E-state index < -0.39 is 6.03 Å². The number of anilines is 1. The number of amides is 2. The number of hydrogen-bond acceptors (Lipinski definition) is 4. The minimum atomic E-state index is -0.554. The maximum atomic E-state index is 11.1. The first kappa shape index (κ1) is 22.0. The molecule has 2 aliphatic carbocycles. The molecule has 0 atom stereocenters. The van der Waals surface area contributed by atoms with Gasteiger partial charge in [-0.15, -0.1) is 0 Å². The van der Waals surface area contributed by atoms with Gasteiger partial charge in [-0.2, -0.15) is 5.10 Å². The second-order valence-electron chi connectivity index (χ2n) is 8.03. The average molecular weight is 435 g/mol. The van der Waals surface area contributed by atoms with Crippen LogP contribution in [-0.4, -0.2) is 42.2 Å². The molecule has 7 heteroatoms. The van der Waals surface area contributed by atoms with E-state index in [1.807, 2.05) is 30.3 Å². The Balaban J connectivity index is 0.000000158. The van der Waals surface area contributed by atoms with Crippen LogP contribution in [0.2, 0.25) is 0 Å². The number of urea groups is 1. The van der Waals surface area contributed by atoms with E-state index in [-0.39, 0.29) is 0 Å². The minimum absolute atomic E-state index is 0.363. The zero-order valence-corrected chi connectivity index (χ0v) is 18.4. The molecule has 2 amide bonds. The van der Waals surface area contributed by atoms with E-state index in [4.69, 9.17) is 15.2 Å². The highest BCUT2D eigenvalue weighted by atomic mass is 16.5. The number of aryl methyl sites for hydroxylation is 1. The number of nitrogens with zero attached hydrogens (tertiary/aromatic N) is 2. The number of ether oxygens (including phenoxy) is 2. The number of hydrogen-bond donors (Lipinski definition) is 2. The summed E-state index contributed by atoms with van der Waals surface area (Å²) in [6.45, 7) is 1.39. The Labute approximate surface area is 188 Å². The van der Waals surface area contributed by atoms with Crippen molar-refractivity contribution in [2.45, 2.75) is 38.2 Å². The molecule has 0 fully saturated rings. The number of nitrogens with one attached hydrogen (secondary N) is 1. The van der Waals surface area contributed by atoms with Gasteiger partial charge in [0.2, 0.25) is 0 Å². The Morgan fingerprint density at radius 1 is 1.06 bits per heavy atom. The number of para-hydroxylation sites is 1. The second kappa shape index (κ2) is 10.4. The van der Waals surface area contributed by atoms with Crippen LogP contribution in [0.3, 0.4) is 0 Å². The smallest absolute Gasteiger partial charge is 0.317 e. The third-order valence-electron chi connectivity index (χ3n) is 5.80. The number of benzene rings is 2. The van der Waals surface area contributed by atoms with Crippen molar-refractivity contribution in [2.75, 3.05) is 25.6 Å². The van der Waals surface area contributed by atoms with Gasteiger partial charge in [0.1, 0.15) is 5.82 Å². The van der Waals surface area contributed by atoms with Crippen LogP contribution in [-0.2, 0) is 35.2 Å². The molecule has 0 spiro atoms. The summed E-state index contributed by atoms with van der Waals surface area (Å²) >= 11 is 0. The average Bonchev–Trinajstić information content (AvgIpc) is 3.50. The summed E-state index contributed by atoms with van der Waals surface area (Å²) in [7, 11) is 1.70. The van der Waals surface area contributed by atoms with Crippen LogP contribution < -0.4 is 11.1 Å². The van der Waals surface area contributed by atoms with Crippen molar-refractivity contribution >= 4 is 11.8 Å². The SMILES string of the molecule is COCCOC1Cc2ccccc2C1.NC(=O)Nc1c2c(nn1-c1ccccc1)CCC2. The lowest BCUT2D eigenvalue weighted by Crippen LogP contribution is -2.22. The lowest BCUT2D eigenvalue weighted by atomic mass is 10.1. The second-order valence-corrected chi connectivity index (χ2v) is 8.03. The van der Waals surface area contributed by atoms with Gasteiger partial charge in [-0.05, 0) is 55.4 Å². The van der Waals surface area contributed by atoms with E-state index in [1.54, 1.807) is 11.8 Å². The third kappa shape index (κ3) is 5.18. The molecule has 2 aromatic carbocycles. The highest BCUT2D eigenvalue weighted by molar-refractivity contribution is 5.88. The first-order chi connectivity index (χ1) is 15.7. The number of carbonyl (C=O) groups excluding carboxylic acids is 1. The van der Waals surface area contributed by atoms with Crippen molar-refractivity contribution in [1.82, 2.24) is 9.78 Å². The van der Waals surface area contributed by atoms with Gasteiger partial charge >= 0.3 is 6.03 Å². The zero-order valence-electron chi connectivity index (χ0n) is 18.4. The highest BCUT2D eigenvalue weighted by Crippen LogP contribution is 2.30. The first-order valence-corrected chi connectivity index (χ1v) is 11.1. The molecule has 0 radical (unpaired) electrons. The van der Waals surface area contributed by atoms with Gasteiger partial charge in [-0.1, -0.05) is 42.5 Å². The molecule has 0 bridgehead atoms. The summed E-state index contributed by atoms with van der Waals surface area (Å²) in [5.41, 5.74) is 11.2. The standard InChI is InChI=1S/C13H14N4O.C12H16O2/c14-13(18)15-12-10-7-4-8-11(10)16-17(12)9-5-2-1-3-6-9;1-13-6-7-14-12-8-10-4-2-3-5-11(10)9-12/h1-3,5-6H,4,7-8H2,(H3,14,15,18);2-5,12H,6-9H2,1H3. The Morgan fingerprint density at radius 2 is 1.75 bits per heavy atom. The van der Waals surface area contributed by atoms with Crippen LogP contribution in [0.15, 0.2) is 54.6 Å². The van der Waals surface area contributed by atoms with Gasteiger partial charge in [0, 0.05) is 12.7 Å². The molecule has 3 N–H and O–H groups in total. The van der Waals surface area contributed by atoms with Gasteiger partial charge in [0.25, 0.3) is 0 Å². The molecule has 1 aromatic heterocycles. The first-order valence-electron chi connectivity index (χ1n) is 11.1. The van der Waals surface area contributed by atoms with Crippen molar-refractivity contribution in [2.24, 2.45) is 5.73 Å². The van der Waals surface area contributed by atoms with Gasteiger partial charge < -0.3 is 15.2 Å². The third-order valence-corrected chi connectivity index (χ3v) is 5.80. The van der Waals surface area contributed by atoms with Crippen LogP contribution in [0, 0.1) is 0 Å². The monoisotopic (exact) mass is 434 g/mol. The molecule has 0 saturated carbocycles. The normalized spacial score (nSPS) is 14.4. The lowest BCUT2D eigenvalue weighted by molar-refractivity contribution is 0.0227. The van der Waals surface area contributed by atoms with Crippen molar-refractivity contribution in [3.8, 4) is 5.69 Å². The van der Waals surface area contributed by atoms with Gasteiger partial charge in [0.05, 0.1) is 30.7 Å². The summed E-state index contributed by atoms with van der Waals surface area (Å²) in [5, 5.41) is 7.25. The molecule has 0 saturated heterocycles. The quantitative estimate of drug-likeness (QED) is 0.579. The van der Waals surface area contributed by atoms with E-state index in [0.29, 0.717) is 25.1 Å². The van der Waals surface area contributed by atoms with Crippen LogP contribution in [0.5, 0.6) is 0 Å². The topological polar surface area (TPSA) is 91.4 Å². The molecule has 7 nitrogen and oxygen atoms in total. The van der Waals surface area contributed by atoms with E-state index >= 15 is 0 Å². The van der Waals surface area contributed by atoms with E-state index in [1.165, 1.54) is 11.1 Å². The van der Waals surface area contributed by atoms with Gasteiger partial charge in [0.15, 0.2) is 0 Å². The molecule has 3 aromatic rings. The fourth-order valence-electron chi connectivity index (χ4n) is 4.33. The van der Waals surface area contributed by atoms with Crippen molar-refractivity contribution < 1.29 is 14.3 Å². The van der Waals surface area contributed by atoms with Crippen LogP contribution in [0.4, 0.5) is 10.6 Å². The van der Waals surface area contributed by atoms with E-state index in [2.05, 4.69) is 34.7 Å². The van der Waals surface area contributed by atoms with Crippen LogP contribution >= 0.6 is 0 Å². The molecule has 168 valence electrons. The Bertz CT molecular complexity index is 1020. The molecule has 32 heavy (non-hydrogen) atoms. The number of aromatic nitrogens is 2. The number of primary amides is 1. The van der Waals surface area contributed by atoms with E-state index in [0.717, 1.165) is 49.0 Å². The molecule has 2 aliphatic rings. The number of fused-ring (bicyclic) bond motifs is 2. The largest absolute Gasteiger partial charge is 0.382 e. The van der Waals surface area contributed by atoms with Crippen molar-refractivity contribution in [3.05, 3.63) is 77.0 Å². The summed E-state index contributed by atoms with van der Waals surface area (Å²) in [4.78, 5) is 11.1. The fourth-order valence-corrected chi connectivity index (χ4v) is 4.33. The van der Waals surface area contributed by atoms with Crippen LogP contribution in [0.25, 0.3) is 5.69 Å². The molecular weight excluding hydrogens is 404 g/mol. The number of nitrogens with two attached hydrogens (primary N) is 1.